The molecule has 0 unspecified atom stereocenters. The number of hydrogen-bond donors (Lipinski definition) is 2. The summed E-state index contributed by atoms with van der Waals surface area (Å²) in [5, 5.41) is 6.93. The maximum atomic E-state index is 5.34. The van der Waals surface area contributed by atoms with Crippen LogP contribution in [0.3, 0.4) is 0 Å². The van der Waals surface area contributed by atoms with Crippen LogP contribution in [0.1, 0.15) is 18.4 Å². The smallest absolute Gasteiger partial charge is 0.123 e. The fourth-order valence-corrected chi connectivity index (χ4v) is 2.35. The van der Waals surface area contributed by atoms with E-state index >= 15 is 0 Å². The van der Waals surface area contributed by atoms with E-state index in [9.17, 15) is 0 Å². The Morgan fingerprint density at radius 1 is 1.21 bits per heavy atom. The highest BCUT2D eigenvalue weighted by Gasteiger charge is 2.12. The maximum Gasteiger partial charge on any atom is 0.123 e. The van der Waals surface area contributed by atoms with Gasteiger partial charge in [0.2, 0.25) is 0 Å². The number of piperidine rings is 1. The summed E-state index contributed by atoms with van der Waals surface area (Å²) in [5.41, 5.74) is 1.24. The SMILES string of the molecule is COc1ccccc1CNCC1CCNCC1.[Cl-].[Cl-]. The molecule has 2 N–H and O–H groups in total. The van der Waals surface area contributed by atoms with Crippen molar-refractivity contribution in [2.75, 3.05) is 26.7 Å². The average molecular weight is 305 g/mol. The van der Waals surface area contributed by atoms with Gasteiger partial charge in [0.05, 0.1) is 7.11 Å². The molecule has 0 radical (unpaired) electrons. The molecule has 1 saturated heterocycles. The fraction of sp³-hybridized carbons (Fsp3) is 0.571. The van der Waals surface area contributed by atoms with Gasteiger partial charge in [-0.25, -0.2) is 0 Å². The quantitative estimate of drug-likeness (QED) is 0.579. The van der Waals surface area contributed by atoms with E-state index in [4.69, 9.17) is 4.74 Å². The standard InChI is InChI=1S/C14H22N2O.2ClH/c1-17-14-5-3-2-4-13(14)11-16-10-12-6-8-15-9-7-12;;/h2-5,12,15-16H,6-11H2,1H3;2*1H/p-2. The molecule has 0 atom stereocenters. The second kappa shape index (κ2) is 10.3. The lowest BCUT2D eigenvalue weighted by atomic mass is 9.98. The molecule has 0 amide bonds. The lowest BCUT2D eigenvalue weighted by Gasteiger charge is -2.23. The van der Waals surface area contributed by atoms with Gasteiger partial charge in [-0.05, 0) is 44.5 Å². The third-order valence-corrected chi connectivity index (χ3v) is 3.40. The molecule has 1 aliphatic heterocycles. The van der Waals surface area contributed by atoms with Crippen LogP contribution in [0, 0.1) is 5.92 Å². The van der Waals surface area contributed by atoms with Crippen molar-refractivity contribution in [2.24, 2.45) is 5.92 Å². The number of benzene rings is 1. The number of nitrogens with one attached hydrogen (secondary N) is 2. The van der Waals surface area contributed by atoms with Gasteiger partial charge in [-0.15, -0.1) is 0 Å². The molecule has 3 nitrogen and oxygen atoms in total. The van der Waals surface area contributed by atoms with E-state index in [-0.39, 0.29) is 24.8 Å². The first kappa shape index (κ1) is 18.5. The van der Waals surface area contributed by atoms with Gasteiger partial charge in [0, 0.05) is 12.1 Å². The molecule has 1 aliphatic rings. The molecule has 0 spiro atoms. The van der Waals surface area contributed by atoms with Crippen molar-refractivity contribution in [3.05, 3.63) is 29.8 Å². The second-order valence-corrected chi connectivity index (χ2v) is 4.64. The Morgan fingerprint density at radius 2 is 1.89 bits per heavy atom. The highest BCUT2D eigenvalue weighted by Crippen LogP contribution is 2.17. The molecule has 0 aromatic heterocycles. The minimum Gasteiger partial charge on any atom is -1.00 e. The minimum absolute atomic E-state index is 0. The predicted molar refractivity (Wildman–Crippen MR) is 70.3 cm³/mol. The second-order valence-electron chi connectivity index (χ2n) is 4.64. The summed E-state index contributed by atoms with van der Waals surface area (Å²) in [6, 6.07) is 8.20. The van der Waals surface area contributed by atoms with Crippen molar-refractivity contribution in [1.82, 2.24) is 10.6 Å². The first-order valence-electron chi connectivity index (χ1n) is 6.43. The van der Waals surface area contributed by atoms with Gasteiger partial charge >= 0.3 is 0 Å². The van der Waals surface area contributed by atoms with Gasteiger partial charge < -0.3 is 40.2 Å². The molecule has 1 aromatic rings. The summed E-state index contributed by atoms with van der Waals surface area (Å²) in [7, 11) is 1.73. The molecule has 2 rings (SSSR count). The van der Waals surface area contributed by atoms with E-state index < -0.39 is 0 Å². The number of halogens is 2. The Kier molecular flexibility index (Phi) is 10.1. The van der Waals surface area contributed by atoms with Gasteiger partial charge in [-0.1, -0.05) is 18.2 Å². The number of para-hydroxylation sites is 1. The van der Waals surface area contributed by atoms with Crippen LogP contribution in [0.5, 0.6) is 5.75 Å². The Hall–Kier alpha value is -0.480. The van der Waals surface area contributed by atoms with E-state index in [1.54, 1.807) is 7.11 Å². The Balaban J connectivity index is 0.00000162. The largest absolute Gasteiger partial charge is 1.00 e. The van der Waals surface area contributed by atoms with Gasteiger partial charge in [-0.2, -0.15) is 0 Å². The highest BCUT2D eigenvalue weighted by atomic mass is 35.5. The van der Waals surface area contributed by atoms with Crippen LogP contribution in [-0.4, -0.2) is 26.7 Å². The lowest BCUT2D eigenvalue weighted by Crippen LogP contribution is -3.00. The molecule has 1 heterocycles. The maximum absolute atomic E-state index is 5.34. The highest BCUT2D eigenvalue weighted by molar-refractivity contribution is 5.32. The molecule has 0 saturated carbocycles. The van der Waals surface area contributed by atoms with Gasteiger partial charge in [-0.3, -0.25) is 0 Å². The van der Waals surface area contributed by atoms with E-state index in [1.807, 2.05) is 12.1 Å². The number of ether oxygens (including phenoxy) is 1. The van der Waals surface area contributed by atoms with E-state index in [0.717, 1.165) is 24.8 Å². The molecule has 5 heteroatoms. The molecular weight excluding hydrogens is 283 g/mol. The third-order valence-electron chi connectivity index (χ3n) is 3.40. The summed E-state index contributed by atoms with van der Waals surface area (Å²) >= 11 is 0. The van der Waals surface area contributed by atoms with Crippen LogP contribution >= 0.6 is 0 Å². The molecule has 19 heavy (non-hydrogen) atoms. The molecule has 0 bridgehead atoms. The topological polar surface area (TPSA) is 33.3 Å². The summed E-state index contributed by atoms with van der Waals surface area (Å²) in [6.45, 7) is 4.34. The van der Waals surface area contributed by atoms with Crippen LogP contribution < -0.4 is 40.2 Å². The number of methoxy groups -OCH3 is 1. The van der Waals surface area contributed by atoms with Crippen LogP contribution in [0.4, 0.5) is 0 Å². The Labute approximate surface area is 128 Å². The van der Waals surface area contributed by atoms with Crippen LogP contribution in [0.15, 0.2) is 24.3 Å². The zero-order valence-corrected chi connectivity index (χ0v) is 12.8. The molecule has 1 fully saturated rings. The normalized spacial score (nSPS) is 15.2. The van der Waals surface area contributed by atoms with Crippen molar-refractivity contribution in [1.29, 1.82) is 0 Å². The molecule has 110 valence electrons. The van der Waals surface area contributed by atoms with Crippen LogP contribution in [0.2, 0.25) is 0 Å². The lowest BCUT2D eigenvalue weighted by molar-refractivity contribution is -0.001000. The van der Waals surface area contributed by atoms with Crippen molar-refractivity contribution in [3.8, 4) is 5.75 Å². The Morgan fingerprint density at radius 3 is 2.58 bits per heavy atom. The zero-order valence-electron chi connectivity index (χ0n) is 11.3. The van der Waals surface area contributed by atoms with E-state index in [0.29, 0.717) is 0 Å². The third kappa shape index (κ3) is 6.00. The average Bonchev–Trinajstić information content (AvgIpc) is 2.40. The minimum atomic E-state index is 0. The first-order valence-corrected chi connectivity index (χ1v) is 6.43. The zero-order chi connectivity index (χ0) is 11.9. The van der Waals surface area contributed by atoms with Gasteiger partial charge in [0.1, 0.15) is 5.75 Å². The summed E-state index contributed by atoms with van der Waals surface area (Å²) in [4.78, 5) is 0. The predicted octanol–water partition coefficient (Wildman–Crippen LogP) is -4.21. The fourth-order valence-electron chi connectivity index (χ4n) is 2.35. The number of hydrogen-bond acceptors (Lipinski definition) is 3. The molecule has 0 aliphatic carbocycles. The van der Waals surface area contributed by atoms with Crippen LogP contribution in [-0.2, 0) is 6.54 Å². The van der Waals surface area contributed by atoms with E-state index in [1.165, 1.54) is 31.5 Å². The summed E-state index contributed by atoms with van der Waals surface area (Å²) in [6.07, 6.45) is 2.58. The molecular formula is C14H22Cl2N2O-2. The monoisotopic (exact) mass is 304 g/mol. The van der Waals surface area contributed by atoms with Gasteiger partial charge in [0.15, 0.2) is 0 Å². The Bertz CT molecular complexity index is 344. The van der Waals surface area contributed by atoms with Crippen molar-refractivity contribution < 1.29 is 29.6 Å². The van der Waals surface area contributed by atoms with Crippen LogP contribution in [0.25, 0.3) is 0 Å². The van der Waals surface area contributed by atoms with Crippen molar-refractivity contribution in [2.45, 2.75) is 19.4 Å². The van der Waals surface area contributed by atoms with E-state index in [2.05, 4.69) is 22.8 Å². The summed E-state index contributed by atoms with van der Waals surface area (Å²) < 4.78 is 5.34. The van der Waals surface area contributed by atoms with Crippen molar-refractivity contribution >= 4 is 0 Å². The molecule has 1 aromatic carbocycles. The van der Waals surface area contributed by atoms with Crippen molar-refractivity contribution in [3.63, 3.8) is 0 Å². The first-order chi connectivity index (χ1) is 8.40. The summed E-state index contributed by atoms with van der Waals surface area (Å²) in [5.74, 6) is 1.80. The number of rotatable bonds is 5. The van der Waals surface area contributed by atoms with Gasteiger partial charge in [0.25, 0.3) is 0 Å².